The van der Waals surface area contributed by atoms with Crippen molar-refractivity contribution >= 4 is 21.6 Å². The Morgan fingerprint density at radius 1 is 1.18 bits per heavy atom. The number of aromatic nitrogens is 2. The van der Waals surface area contributed by atoms with Gasteiger partial charge in [0.2, 0.25) is 0 Å². The Balaban J connectivity index is 1.60. The van der Waals surface area contributed by atoms with Gasteiger partial charge in [0, 0.05) is 23.1 Å². The number of nitrogens with one attached hydrogen (secondary N) is 1. The summed E-state index contributed by atoms with van der Waals surface area (Å²) in [5.41, 5.74) is 1.44. The van der Waals surface area contributed by atoms with Crippen molar-refractivity contribution in [1.29, 1.82) is 0 Å². The van der Waals surface area contributed by atoms with Crippen molar-refractivity contribution < 1.29 is 19.0 Å². The first-order chi connectivity index (χ1) is 16.4. The van der Waals surface area contributed by atoms with E-state index >= 15 is 0 Å². The Morgan fingerprint density at radius 3 is 2.74 bits per heavy atom. The fourth-order valence-electron chi connectivity index (χ4n) is 3.81. The fourth-order valence-corrected chi connectivity index (χ4v) is 4.77. The lowest BCUT2D eigenvalue weighted by Crippen LogP contribution is -2.35. The number of thiophene rings is 1. The lowest BCUT2D eigenvalue weighted by atomic mass is 10.1. The van der Waals surface area contributed by atoms with Crippen LogP contribution < -0.4 is 10.3 Å². The van der Waals surface area contributed by atoms with Crippen LogP contribution in [0, 0.1) is 0 Å². The summed E-state index contributed by atoms with van der Waals surface area (Å²) >= 11 is 1.42. The number of H-pyrrole nitrogens is 1. The van der Waals surface area contributed by atoms with Crippen LogP contribution in [-0.2, 0) is 17.8 Å². The molecule has 0 aliphatic carbocycles. The Bertz CT molecular complexity index is 1270. The van der Waals surface area contributed by atoms with Crippen LogP contribution in [0.25, 0.3) is 21.3 Å². The maximum absolute atomic E-state index is 13.1. The highest BCUT2D eigenvalue weighted by Gasteiger charge is 2.19. The molecule has 0 fully saturated rings. The van der Waals surface area contributed by atoms with Gasteiger partial charge < -0.3 is 24.0 Å². The van der Waals surface area contributed by atoms with Crippen LogP contribution in [0.4, 0.5) is 0 Å². The van der Waals surface area contributed by atoms with E-state index in [0.29, 0.717) is 41.4 Å². The van der Waals surface area contributed by atoms with Crippen LogP contribution in [0.2, 0.25) is 0 Å². The average Bonchev–Trinajstić information content (AvgIpc) is 3.47. The number of aromatic amines is 1. The highest BCUT2D eigenvalue weighted by Crippen LogP contribution is 2.36. The normalized spacial score (nSPS) is 12.6. The molecule has 0 saturated heterocycles. The largest absolute Gasteiger partial charge is 0.496 e. The van der Waals surface area contributed by atoms with E-state index in [9.17, 15) is 9.90 Å². The summed E-state index contributed by atoms with van der Waals surface area (Å²) in [5.74, 6) is 1.98. The first-order valence-electron chi connectivity index (χ1n) is 11.1. The average molecular weight is 484 g/mol. The zero-order valence-corrected chi connectivity index (χ0v) is 20.3. The summed E-state index contributed by atoms with van der Waals surface area (Å²) in [6, 6.07) is 11.3. The van der Waals surface area contributed by atoms with Gasteiger partial charge in [-0.3, -0.25) is 9.69 Å². The number of para-hydroxylation sites is 1. The van der Waals surface area contributed by atoms with E-state index in [1.807, 2.05) is 60.5 Å². The van der Waals surface area contributed by atoms with Gasteiger partial charge in [0.1, 0.15) is 22.2 Å². The highest BCUT2D eigenvalue weighted by molar-refractivity contribution is 7.17. The first kappa shape index (κ1) is 24.2. The molecule has 0 radical (unpaired) electrons. The smallest absolute Gasteiger partial charge is 0.260 e. The number of fused-ring (bicyclic) bond motifs is 1. The number of benzene rings is 1. The third-order valence-electron chi connectivity index (χ3n) is 5.31. The Morgan fingerprint density at radius 2 is 2.00 bits per heavy atom. The second-order valence-corrected chi connectivity index (χ2v) is 9.19. The number of rotatable bonds is 11. The molecule has 1 atom stereocenters. The summed E-state index contributed by atoms with van der Waals surface area (Å²) in [6.45, 7) is 5.22. The summed E-state index contributed by atoms with van der Waals surface area (Å²) in [4.78, 5) is 23.4. The molecule has 0 saturated carbocycles. The number of nitrogens with zero attached hydrogens (tertiary/aromatic N) is 2. The molecule has 0 unspecified atom stereocenters. The van der Waals surface area contributed by atoms with E-state index < -0.39 is 6.10 Å². The van der Waals surface area contributed by atoms with E-state index in [2.05, 4.69) is 4.98 Å². The van der Waals surface area contributed by atoms with Gasteiger partial charge in [0.25, 0.3) is 5.56 Å². The summed E-state index contributed by atoms with van der Waals surface area (Å²) in [5, 5.41) is 13.0. The number of hydrogen-bond acceptors (Lipinski definition) is 8. The summed E-state index contributed by atoms with van der Waals surface area (Å²) in [7, 11) is 1.61. The number of aliphatic hydroxyl groups excluding tert-OH is 1. The van der Waals surface area contributed by atoms with Crippen molar-refractivity contribution in [2.75, 3.05) is 20.3 Å². The SMILES string of the molecule is COc1ccccc1-c1csc2nc(CN(Cc3ccco3)C[C@H](O)COC(C)C)[nH]c(=O)c12. The number of ether oxygens (including phenoxy) is 2. The minimum atomic E-state index is -0.688. The molecule has 0 amide bonds. The molecule has 4 aromatic rings. The van der Waals surface area contributed by atoms with Gasteiger partial charge in [-0.2, -0.15) is 0 Å². The van der Waals surface area contributed by atoms with Gasteiger partial charge in [-0.05, 0) is 32.0 Å². The molecule has 0 bridgehead atoms. The minimum absolute atomic E-state index is 0.0323. The molecule has 8 nitrogen and oxygen atoms in total. The third kappa shape index (κ3) is 5.74. The number of methoxy groups -OCH3 is 1. The monoisotopic (exact) mass is 483 g/mol. The molecule has 1 aromatic carbocycles. The van der Waals surface area contributed by atoms with Crippen LogP contribution in [-0.4, -0.2) is 52.4 Å². The molecule has 0 aliphatic rings. The molecular weight excluding hydrogens is 454 g/mol. The number of furan rings is 1. The Labute approximate surface area is 201 Å². The molecular formula is C25H29N3O5S. The zero-order valence-electron chi connectivity index (χ0n) is 19.5. The zero-order chi connectivity index (χ0) is 24.1. The molecule has 0 aliphatic heterocycles. The Hall–Kier alpha value is -2.98. The summed E-state index contributed by atoms with van der Waals surface area (Å²) < 4.78 is 16.5. The van der Waals surface area contributed by atoms with E-state index in [-0.39, 0.29) is 18.3 Å². The second-order valence-electron chi connectivity index (χ2n) is 8.33. The first-order valence-corrected chi connectivity index (χ1v) is 12.0. The fraction of sp³-hybridized carbons (Fsp3) is 0.360. The summed E-state index contributed by atoms with van der Waals surface area (Å²) in [6.07, 6.45) is 0.958. The van der Waals surface area contributed by atoms with E-state index in [0.717, 1.165) is 16.9 Å². The maximum atomic E-state index is 13.1. The topological polar surface area (TPSA) is 101 Å². The standard InChI is InChI=1S/C25H29N3O5S/c1-16(2)33-14-17(29)11-28(12-18-7-6-10-32-18)13-22-26-24(30)23-20(15-34-25(23)27-22)19-8-4-5-9-21(19)31-3/h4-10,15-17,29H,11-14H2,1-3H3,(H,26,27,30)/t17-/m0/s1. The maximum Gasteiger partial charge on any atom is 0.260 e. The van der Waals surface area contributed by atoms with Crippen molar-refractivity contribution in [2.24, 2.45) is 0 Å². The van der Waals surface area contributed by atoms with Crippen LogP contribution in [0.5, 0.6) is 5.75 Å². The van der Waals surface area contributed by atoms with E-state index in [4.69, 9.17) is 18.9 Å². The molecule has 3 aromatic heterocycles. The molecule has 9 heteroatoms. The second kappa shape index (κ2) is 11.0. The van der Waals surface area contributed by atoms with Crippen molar-refractivity contribution in [3.8, 4) is 16.9 Å². The Kier molecular flexibility index (Phi) is 7.79. The molecule has 2 N–H and O–H groups in total. The minimum Gasteiger partial charge on any atom is -0.496 e. The lowest BCUT2D eigenvalue weighted by molar-refractivity contribution is -0.0117. The van der Waals surface area contributed by atoms with Gasteiger partial charge in [0.15, 0.2) is 0 Å². The predicted molar refractivity (Wildman–Crippen MR) is 132 cm³/mol. The van der Waals surface area contributed by atoms with Crippen LogP contribution in [0.15, 0.2) is 57.3 Å². The lowest BCUT2D eigenvalue weighted by Gasteiger charge is -2.24. The van der Waals surface area contributed by atoms with Crippen molar-refractivity contribution in [3.63, 3.8) is 0 Å². The molecule has 34 heavy (non-hydrogen) atoms. The molecule has 180 valence electrons. The van der Waals surface area contributed by atoms with Gasteiger partial charge in [-0.1, -0.05) is 18.2 Å². The van der Waals surface area contributed by atoms with Gasteiger partial charge in [-0.15, -0.1) is 11.3 Å². The van der Waals surface area contributed by atoms with Gasteiger partial charge >= 0.3 is 0 Å². The van der Waals surface area contributed by atoms with Crippen molar-refractivity contribution in [2.45, 2.75) is 39.1 Å². The van der Waals surface area contributed by atoms with E-state index in [1.54, 1.807) is 13.4 Å². The number of aliphatic hydroxyl groups is 1. The molecule has 3 heterocycles. The molecule has 4 rings (SSSR count). The molecule has 0 spiro atoms. The van der Waals surface area contributed by atoms with E-state index in [1.165, 1.54) is 11.3 Å². The van der Waals surface area contributed by atoms with Crippen molar-refractivity contribution in [1.82, 2.24) is 14.9 Å². The quantitative estimate of drug-likeness (QED) is 0.332. The van der Waals surface area contributed by atoms with Crippen molar-refractivity contribution in [3.05, 3.63) is 70.0 Å². The van der Waals surface area contributed by atoms with Gasteiger partial charge in [-0.25, -0.2) is 4.98 Å². The van der Waals surface area contributed by atoms with Crippen LogP contribution in [0.3, 0.4) is 0 Å². The third-order valence-corrected chi connectivity index (χ3v) is 6.19. The number of hydrogen-bond donors (Lipinski definition) is 2. The van der Waals surface area contributed by atoms with Crippen LogP contribution >= 0.6 is 11.3 Å². The highest BCUT2D eigenvalue weighted by atomic mass is 32.1. The predicted octanol–water partition coefficient (Wildman–Crippen LogP) is 4.04. The van der Waals surface area contributed by atoms with Gasteiger partial charge in [0.05, 0.1) is 50.7 Å². The van der Waals surface area contributed by atoms with Crippen LogP contribution in [0.1, 0.15) is 25.4 Å².